The number of rotatable bonds is 4. The number of sulfone groups is 1. The summed E-state index contributed by atoms with van der Waals surface area (Å²) in [5, 5.41) is 3.53. The minimum Gasteiger partial charge on any atom is -0.314 e. The van der Waals surface area contributed by atoms with Gasteiger partial charge in [-0.3, -0.25) is 0 Å². The molecule has 0 amide bonds. The fourth-order valence-corrected chi connectivity index (χ4v) is 5.01. The molecule has 1 atom stereocenters. The molecule has 104 valence electrons. The summed E-state index contributed by atoms with van der Waals surface area (Å²) in [5.41, 5.74) is 1.43. The van der Waals surface area contributed by atoms with Crippen molar-refractivity contribution >= 4 is 9.84 Å². The fraction of sp³-hybridized carbons (Fsp3) is 0.600. The van der Waals surface area contributed by atoms with Gasteiger partial charge in [0.15, 0.2) is 9.84 Å². The normalized spacial score (nSPS) is 32.9. The van der Waals surface area contributed by atoms with Gasteiger partial charge >= 0.3 is 0 Å². The molecule has 1 heterocycles. The molecule has 3 nitrogen and oxygen atoms in total. The maximum Gasteiger partial charge on any atom is 0.150 e. The molecule has 0 spiro atoms. The lowest BCUT2D eigenvalue weighted by molar-refractivity contribution is 0.279. The van der Waals surface area contributed by atoms with Gasteiger partial charge in [0.1, 0.15) is 0 Å². The zero-order chi connectivity index (χ0) is 13.3. The minimum absolute atomic E-state index is 0.334. The summed E-state index contributed by atoms with van der Waals surface area (Å²) in [5.74, 6) is 1.79. The topological polar surface area (TPSA) is 46.2 Å². The number of hydrogen-bond donors (Lipinski definition) is 1. The van der Waals surface area contributed by atoms with Crippen LogP contribution in [0.15, 0.2) is 30.3 Å². The van der Waals surface area contributed by atoms with Gasteiger partial charge in [-0.25, -0.2) is 8.42 Å². The zero-order valence-electron chi connectivity index (χ0n) is 11.1. The van der Waals surface area contributed by atoms with Gasteiger partial charge in [-0.1, -0.05) is 30.3 Å². The number of hydrogen-bond acceptors (Lipinski definition) is 3. The molecule has 1 aliphatic carbocycles. The third-order valence-electron chi connectivity index (χ3n) is 4.43. The van der Waals surface area contributed by atoms with Crippen LogP contribution in [0, 0.1) is 5.92 Å². The molecular weight excluding hydrogens is 258 g/mol. The van der Waals surface area contributed by atoms with Gasteiger partial charge in [0, 0.05) is 6.04 Å². The van der Waals surface area contributed by atoms with Crippen molar-refractivity contribution in [1.29, 1.82) is 0 Å². The van der Waals surface area contributed by atoms with Crippen LogP contribution < -0.4 is 5.32 Å². The average Bonchev–Trinajstić information content (AvgIpc) is 2.68. The molecule has 0 radical (unpaired) electrons. The second kappa shape index (κ2) is 5.25. The summed E-state index contributed by atoms with van der Waals surface area (Å²) < 4.78 is 22.8. The van der Waals surface area contributed by atoms with E-state index >= 15 is 0 Å². The molecule has 0 aromatic heterocycles. The van der Waals surface area contributed by atoms with E-state index in [4.69, 9.17) is 0 Å². The number of benzene rings is 1. The van der Waals surface area contributed by atoms with E-state index in [1.165, 1.54) is 18.4 Å². The van der Waals surface area contributed by atoms with Crippen molar-refractivity contribution in [3.05, 3.63) is 35.9 Å². The predicted octanol–water partition coefficient (Wildman–Crippen LogP) is 1.96. The molecule has 1 saturated heterocycles. The molecular formula is C15H21NO2S. The molecule has 1 saturated carbocycles. The highest BCUT2D eigenvalue weighted by Gasteiger charge is 2.32. The molecule has 2 aliphatic rings. The summed E-state index contributed by atoms with van der Waals surface area (Å²) >= 11 is 0. The first-order valence-electron chi connectivity index (χ1n) is 7.11. The Kier molecular flexibility index (Phi) is 3.63. The van der Waals surface area contributed by atoms with Gasteiger partial charge in [-0.05, 0) is 43.2 Å². The largest absolute Gasteiger partial charge is 0.314 e. The Labute approximate surface area is 115 Å². The van der Waals surface area contributed by atoms with Crippen LogP contribution in [0.25, 0.3) is 0 Å². The molecule has 3 rings (SSSR count). The van der Waals surface area contributed by atoms with Crippen molar-refractivity contribution in [2.45, 2.75) is 31.2 Å². The predicted molar refractivity (Wildman–Crippen MR) is 77.0 cm³/mol. The van der Waals surface area contributed by atoms with Crippen LogP contribution in [0.3, 0.4) is 0 Å². The molecule has 1 aromatic carbocycles. The smallest absolute Gasteiger partial charge is 0.150 e. The zero-order valence-corrected chi connectivity index (χ0v) is 11.9. The summed E-state index contributed by atoms with van der Waals surface area (Å²) in [6, 6.07) is 11.2. The molecule has 0 unspecified atom stereocenters. The van der Waals surface area contributed by atoms with Crippen LogP contribution >= 0.6 is 0 Å². The fourth-order valence-electron chi connectivity index (χ4n) is 3.15. The lowest BCUT2D eigenvalue weighted by atomic mass is 9.76. The van der Waals surface area contributed by atoms with E-state index in [1.54, 1.807) is 0 Å². The first kappa shape index (κ1) is 13.1. The van der Waals surface area contributed by atoms with Gasteiger partial charge in [-0.2, -0.15) is 0 Å². The van der Waals surface area contributed by atoms with Crippen molar-refractivity contribution in [1.82, 2.24) is 5.32 Å². The Balaban J connectivity index is 1.41. The Morgan fingerprint density at radius 3 is 2.53 bits per heavy atom. The Morgan fingerprint density at radius 2 is 1.89 bits per heavy atom. The van der Waals surface area contributed by atoms with Crippen LogP contribution in [0.5, 0.6) is 0 Å². The highest BCUT2D eigenvalue weighted by atomic mass is 32.2. The Bertz CT molecular complexity index is 520. The standard InChI is InChI=1S/C15H21NO2S/c17-19(18)7-6-12(11-19)10-16-15-8-14(9-15)13-4-2-1-3-5-13/h1-5,12,14-16H,6-11H2/t12-,14?,15?/m1/s1. The molecule has 19 heavy (non-hydrogen) atoms. The van der Waals surface area contributed by atoms with E-state index in [-0.39, 0.29) is 0 Å². The van der Waals surface area contributed by atoms with Crippen molar-refractivity contribution < 1.29 is 8.42 Å². The van der Waals surface area contributed by atoms with Crippen LogP contribution in [-0.4, -0.2) is 32.5 Å². The lowest BCUT2D eigenvalue weighted by Crippen LogP contribution is -2.42. The SMILES string of the molecule is O=S1(=O)CC[C@H](CNC2CC(c3ccccc3)C2)C1. The quantitative estimate of drug-likeness (QED) is 0.916. The summed E-state index contributed by atoms with van der Waals surface area (Å²) in [6.45, 7) is 0.866. The van der Waals surface area contributed by atoms with Gasteiger partial charge < -0.3 is 5.32 Å². The third kappa shape index (κ3) is 3.18. The summed E-state index contributed by atoms with van der Waals surface area (Å²) in [7, 11) is -2.73. The van der Waals surface area contributed by atoms with E-state index < -0.39 is 9.84 Å². The van der Waals surface area contributed by atoms with E-state index in [9.17, 15) is 8.42 Å². The molecule has 2 fully saturated rings. The number of nitrogens with one attached hydrogen (secondary N) is 1. The van der Waals surface area contributed by atoms with Crippen molar-refractivity contribution in [2.24, 2.45) is 5.92 Å². The summed E-state index contributed by atoms with van der Waals surface area (Å²) in [6.07, 6.45) is 3.21. The van der Waals surface area contributed by atoms with E-state index in [1.807, 2.05) is 0 Å². The molecule has 1 aromatic rings. The van der Waals surface area contributed by atoms with E-state index in [0.29, 0.717) is 29.4 Å². The summed E-state index contributed by atoms with van der Waals surface area (Å²) in [4.78, 5) is 0. The second-order valence-electron chi connectivity index (χ2n) is 5.95. The average molecular weight is 279 g/mol. The van der Waals surface area contributed by atoms with Crippen molar-refractivity contribution in [2.75, 3.05) is 18.1 Å². The third-order valence-corrected chi connectivity index (χ3v) is 6.27. The maximum absolute atomic E-state index is 11.4. The molecule has 1 N–H and O–H groups in total. The second-order valence-corrected chi connectivity index (χ2v) is 8.18. The van der Waals surface area contributed by atoms with E-state index in [2.05, 4.69) is 35.6 Å². The molecule has 0 bridgehead atoms. The van der Waals surface area contributed by atoms with Crippen molar-refractivity contribution in [3.63, 3.8) is 0 Å². The van der Waals surface area contributed by atoms with Crippen LogP contribution in [0.2, 0.25) is 0 Å². The Morgan fingerprint density at radius 1 is 1.16 bits per heavy atom. The van der Waals surface area contributed by atoms with Gasteiger partial charge in [0.05, 0.1) is 11.5 Å². The van der Waals surface area contributed by atoms with Crippen LogP contribution in [-0.2, 0) is 9.84 Å². The lowest BCUT2D eigenvalue weighted by Gasteiger charge is -2.37. The van der Waals surface area contributed by atoms with Crippen molar-refractivity contribution in [3.8, 4) is 0 Å². The van der Waals surface area contributed by atoms with Gasteiger partial charge in [-0.15, -0.1) is 0 Å². The maximum atomic E-state index is 11.4. The monoisotopic (exact) mass is 279 g/mol. The van der Waals surface area contributed by atoms with Gasteiger partial charge in [0.2, 0.25) is 0 Å². The molecule has 1 aliphatic heterocycles. The minimum atomic E-state index is -2.73. The first-order valence-corrected chi connectivity index (χ1v) is 8.93. The van der Waals surface area contributed by atoms with E-state index in [0.717, 1.165) is 13.0 Å². The van der Waals surface area contributed by atoms with Crippen LogP contribution in [0.4, 0.5) is 0 Å². The van der Waals surface area contributed by atoms with Crippen LogP contribution in [0.1, 0.15) is 30.7 Å². The first-order chi connectivity index (χ1) is 9.12. The highest BCUT2D eigenvalue weighted by molar-refractivity contribution is 7.91. The molecule has 4 heteroatoms. The van der Waals surface area contributed by atoms with Gasteiger partial charge in [0.25, 0.3) is 0 Å². The Hall–Kier alpha value is -0.870. The highest BCUT2D eigenvalue weighted by Crippen LogP contribution is 2.36.